The first-order chi connectivity index (χ1) is 10.8. The van der Waals surface area contributed by atoms with E-state index in [1.165, 1.54) is 0 Å². The van der Waals surface area contributed by atoms with E-state index in [1.54, 1.807) is 18.3 Å². The van der Waals surface area contributed by atoms with Gasteiger partial charge in [-0.1, -0.05) is 0 Å². The summed E-state index contributed by atoms with van der Waals surface area (Å²) in [5.74, 6) is 0.904. The highest BCUT2D eigenvalue weighted by atomic mass is 16.5. The zero-order valence-electron chi connectivity index (χ0n) is 12.6. The monoisotopic (exact) mass is 306 g/mol. The normalized spacial score (nSPS) is 22.5. The molecule has 1 aromatic rings. The Kier molecular flexibility index (Phi) is 5.24. The molecule has 3 rings (SSSR count). The molecule has 2 fully saturated rings. The minimum Gasteiger partial charge on any atom is -0.472 e. The number of carbonyl (C=O) groups is 1. The Bertz CT molecular complexity index is 497. The zero-order chi connectivity index (χ0) is 15.2. The van der Waals surface area contributed by atoms with Crippen LogP contribution in [0.1, 0.15) is 29.6 Å². The van der Waals surface area contributed by atoms with Crippen LogP contribution in [0.25, 0.3) is 0 Å². The molecule has 1 unspecified atom stereocenters. The van der Waals surface area contributed by atoms with Gasteiger partial charge < -0.3 is 19.5 Å². The van der Waals surface area contributed by atoms with Crippen LogP contribution >= 0.6 is 0 Å². The minimum atomic E-state index is -0.0820. The first-order valence-electron chi connectivity index (χ1n) is 7.87. The highest BCUT2D eigenvalue weighted by Crippen LogP contribution is 2.16. The van der Waals surface area contributed by atoms with Crippen LogP contribution in [-0.2, 0) is 9.47 Å². The largest absolute Gasteiger partial charge is 0.472 e. The first-order valence-corrected chi connectivity index (χ1v) is 7.87. The van der Waals surface area contributed by atoms with E-state index in [-0.39, 0.29) is 12.0 Å². The van der Waals surface area contributed by atoms with Gasteiger partial charge in [-0.05, 0) is 24.8 Å². The van der Waals surface area contributed by atoms with Gasteiger partial charge in [-0.2, -0.15) is 0 Å². The van der Waals surface area contributed by atoms with Crippen molar-refractivity contribution in [1.82, 2.24) is 10.3 Å². The number of ether oxygens (including phenoxy) is 3. The first kappa shape index (κ1) is 15.2. The molecule has 0 saturated carbocycles. The van der Waals surface area contributed by atoms with E-state index in [2.05, 4.69) is 10.3 Å². The smallest absolute Gasteiger partial charge is 0.251 e. The predicted octanol–water partition coefficient (Wildman–Crippen LogP) is 1.41. The number of carbonyl (C=O) groups excluding carboxylic acids is 1. The number of nitrogens with one attached hydrogen (secondary N) is 1. The Morgan fingerprint density at radius 1 is 1.27 bits per heavy atom. The van der Waals surface area contributed by atoms with Gasteiger partial charge in [0.2, 0.25) is 5.88 Å². The Morgan fingerprint density at radius 2 is 2.09 bits per heavy atom. The lowest BCUT2D eigenvalue weighted by Gasteiger charge is -2.22. The van der Waals surface area contributed by atoms with Crippen LogP contribution in [0.4, 0.5) is 0 Å². The molecule has 6 nitrogen and oxygen atoms in total. The Morgan fingerprint density at radius 3 is 2.86 bits per heavy atom. The SMILES string of the molecule is O=C(NCC1CCOCC1)c1ccnc(OC2CCOC2)c1. The third-order valence-corrected chi connectivity index (χ3v) is 4.06. The molecule has 0 spiro atoms. The molecule has 1 aromatic heterocycles. The van der Waals surface area contributed by atoms with Crippen molar-refractivity contribution in [3.8, 4) is 5.88 Å². The summed E-state index contributed by atoms with van der Waals surface area (Å²) in [5.41, 5.74) is 0.580. The second-order valence-electron chi connectivity index (χ2n) is 5.75. The second-order valence-corrected chi connectivity index (χ2v) is 5.75. The Labute approximate surface area is 130 Å². The molecule has 0 bridgehead atoms. The fraction of sp³-hybridized carbons (Fsp3) is 0.625. The van der Waals surface area contributed by atoms with Gasteiger partial charge in [-0.3, -0.25) is 4.79 Å². The summed E-state index contributed by atoms with van der Waals surface area (Å²) < 4.78 is 16.3. The van der Waals surface area contributed by atoms with Crippen LogP contribution in [0, 0.1) is 5.92 Å². The molecule has 22 heavy (non-hydrogen) atoms. The summed E-state index contributed by atoms with van der Waals surface area (Å²) in [4.78, 5) is 16.4. The topological polar surface area (TPSA) is 69.7 Å². The Balaban J connectivity index is 1.52. The highest BCUT2D eigenvalue weighted by molar-refractivity contribution is 5.94. The van der Waals surface area contributed by atoms with Crippen molar-refractivity contribution in [3.05, 3.63) is 23.9 Å². The van der Waals surface area contributed by atoms with Gasteiger partial charge in [0, 0.05) is 44.0 Å². The van der Waals surface area contributed by atoms with Crippen LogP contribution in [0.2, 0.25) is 0 Å². The molecule has 3 heterocycles. The molecule has 120 valence electrons. The summed E-state index contributed by atoms with van der Waals surface area (Å²) in [5, 5.41) is 2.99. The number of aromatic nitrogens is 1. The molecule has 1 atom stereocenters. The molecule has 2 aliphatic heterocycles. The molecule has 0 aromatic carbocycles. The summed E-state index contributed by atoms with van der Waals surface area (Å²) in [7, 11) is 0. The van der Waals surface area contributed by atoms with E-state index >= 15 is 0 Å². The van der Waals surface area contributed by atoms with Crippen molar-refractivity contribution in [2.45, 2.75) is 25.4 Å². The van der Waals surface area contributed by atoms with E-state index in [1.807, 2.05) is 0 Å². The average molecular weight is 306 g/mol. The van der Waals surface area contributed by atoms with Crippen LogP contribution in [0.15, 0.2) is 18.3 Å². The van der Waals surface area contributed by atoms with Crippen molar-refractivity contribution in [2.24, 2.45) is 5.92 Å². The van der Waals surface area contributed by atoms with Gasteiger partial charge in [0.05, 0.1) is 13.2 Å². The fourth-order valence-corrected chi connectivity index (χ4v) is 2.68. The third kappa shape index (κ3) is 4.18. The molecule has 1 amide bonds. The lowest BCUT2D eigenvalue weighted by molar-refractivity contribution is 0.0642. The van der Waals surface area contributed by atoms with Crippen molar-refractivity contribution < 1.29 is 19.0 Å². The summed E-state index contributed by atoms with van der Waals surface area (Å²) in [6.07, 6.45) is 4.52. The number of hydrogen-bond acceptors (Lipinski definition) is 5. The summed E-state index contributed by atoms with van der Waals surface area (Å²) in [6.45, 7) is 3.57. The summed E-state index contributed by atoms with van der Waals surface area (Å²) >= 11 is 0. The zero-order valence-corrected chi connectivity index (χ0v) is 12.6. The van der Waals surface area contributed by atoms with Gasteiger partial charge in [-0.15, -0.1) is 0 Å². The third-order valence-electron chi connectivity index (χ3n) is 4.06. The van der Waals surface area contributed by atoms with Crippen LogP contribution in [-0.4, -0.2) is 50.0 Å². The standard InChI is InChI=1S/C16H22N2O4/c19-16(18-10-12-2-6-20-7-3-12)13-1-5-17-15(9-13)22-14-4-8-21-11-14/h1,5,9,12,14H,2-4,6-8,10-11H2,(H,18,19). The maximum absolute atomic E-state index is 12.2. The molecule has 2 saturated heterocycles. The lowest BCUT2D eigenvalue weighted by atomic mass is 10.0. The van der Waals surface area contributed by atoms with Gasteiger partial charge in [0.1, 0.15) is 6.10 Å². The fourth-order valence-electron chi connectivity index (χ4n) is 2.68. The average Bonchev–Trinajstić information content (AvgIpc) is 3.07. The molecule has 2 aliphatic rings. The number of amides is 1. The van der Waals surface area contributed by atoms with Crippen molar-refractivity contribution in [2.75, 3.05) is 33.0 Å². The second kappa shape index (κ2) is 7.56. The number of hydrogen-bond donors (Lipinski definition) is 1. The van der Waals surface area contributed by atoms with E-state index in [0.717, 1.165) is 39.1 Å². The van der Waals surface area contributed by atoms with Gasteiger partial charge in [-0.25, -0.2) is 4.98 Å². The van der Waals surface area contributed by atoms with Gasteiger partial charge >= 0.3 is 0 Å². The van der Waals surface area contributed by atoms with Crippen LogP contribution in [0.5, 0.6) is 5.88 Å². The molecular formula is C16H22N2O4. The van der Waals surface area contributed by atoms with Crippen molar-refractivity contribution >= 4 is 5.91 Å². The minimum absolute atomic E-state index is 0.0352. The summed E-state index contributed by atoms with van der Waals surface area (Å²) in [6, 6.07) is 3.40. The number of rotatable bonds is 5. The van der Waals surface area contributed by atoms with Gasteiger partial charge in [0.25, 0.3) is 5.91 Å². The van der Waals surface area contributed by atoms with Crippen LogP contribution in [0.3, 0.4) is 0 Å². The highest BCUT2D eigenvalue weighted by Gasteiger charge is 2.19. The maximum Gasteiger partial charge on any atom is 0.251 e. The van der Waals surface area contributed by atoms with Crippen molar-refractivity contribution in [3.63, 3.8) is 0 Å². The molecule has 0 radical (unpaired) electrons. The Hall–Kier alpha value is -1.66. The van der Waals surface area contributed by atoms with E-state index in [4.69, 9.17) is 14.2 Å². The molecular weight excluding hydrogens is 284 g/mol. The van der Waals surface area contributed by atoms with E-state index < -0.39 is 0 Å². The number of pyridine rings is 1. The molecule has 1 N–H and O–H groups in total. The van der Waals surface area contributed by atoms with Crippen LogP contribution < -0.4 is 10.1 Å². The van der Waals surface area contributed by atoms with E-state index in [9.17, 15) is 4.79 Å². The maximum atomic E-state index is 12.2. The predicted molar refractivity (Wildman–Crippen MR) is 80.0 cm³/mol. The van der Waals surface area contributed by atoms with Gasteiger partial charge in [0.15, 0.2) is 0 Å². The van der Waals surface area contributed by atoms with E-state index in [0.29, 0.717) is 30.5 Å². The van der Waals surface area contributed by atoms with Crippen molar-refractivity contribution in [1.29, 1.82) is 0 Å². The molecule has 0 aliphatic carbocycles. The number of nitrogens with zero attached hydrogens (tertiary/aromatic N) is 1. The quantitative estimate of drug-likeness (QED) is 0.890. The molecule has 6 heteroatoms. The lowest BCUT2D eigenvalue weighted by Crippen LogP contribution is -2.32.